The van der Waals surface area contributed by atoms with Gasteiger partial charge in [0.15, 0.2) is 0 Å². The zero-order chi connectivity index (χ0) is 7.49. The topological polar surface area (TPSA) is 52.3 Å². The van der Waals surface area contributed by atoms with E-state index in [4.69, 9.17) is 10.0 Å². The number of rotatable bonds is 3. The largest absolute Gasteiger partial charge is 0.323 e. The monoisotopic (exact) mass is 169 g/mol. The van der Waals surface area contributed by atoms with Gasteiger partial charge in [-0.05, 0) is 20.1 Å². The highest BCUT2D eigenvalue weighted by molar-refractivity contribution is 8.55. The Kier molecular flexibility index (Phi) is 3.82. The molecule has 1 unspecified atom stereocenters. The second-order valence-corrected chi connectivity index (χ2v) is 6.15. The molecule has 9 heavy (non-hydrogen) atoms. The van der Waals surface area contributed by atoms with Crippen LogP contribution in [0.1, 0.15) is 13.8 Å². The van der Waals surface area contributed by atoms with Crippen molar-refractivity contribution in [3.63, 3.8) is 0 Å². The molecule has 0 saturated carbocycles. The van der Waals surface area contributed by atoms with Crippen LogP contribution in [0, 0.1) is 0 Å². The maximum atomic E-state index is 10.9. The van der Waals surface area contributed by atoms with Crippen LogP contribution in [0.3, 0.4) is 0 Å². The molecule has 0 saturated heterocycles. The lowest BCUT2D eigenvalue weighted by Gasteiger charge is -2.12. The summed E-state index contributed by atoms with van der Waals surface area (Å²) in [5.41, 5.74) is 5.21. The third kappa shape index (κ3) is 4.97. The van der Waals surface area contributed by atoms with Crippen LogP contribution < -0.4 is 5.50 Å². The molecule has 3 nitrogen and oxygen atoms in total. The predicted octanol–water partition coefficient (Wildman–Crippen LogP) is 1.84. The molecule has 0 rings (SSSR count). The molecule has 0 aliphatic carbocycles. The Labute approximate surface area is 59.6 Å². The molecule has 0 amide bonds. The highest BCUT2D eigenvalue weighted by Crippen LogP contribution is 2.50. The molecule has 0 bridgehead atoms. The first-order valence-corrected chi connectivity index (χ1v) is 6.13. The van der Waals surface area contributed by atoms with Crippen LogP contribution in [0.4, 0.5) is 0 Å². The van der Waals surface area contributed by atoms with E-state index in [1.165, 1.54) is 0 Å². The zero-order valence-electron chi connectivity index (χ0n) is 5.83. The summed E-state index contributed by atoms with van der Waals surface area (Å²) in [6.07, 6.45) is 1.61. The average Bonchev–Trinajstić information content (AvgIpc) is 1.63. The van der Waals surface area contributed by atoms with Crippen molar-refractivity contribution < 1.29 is 9.09 Å². The summed E-state index contributed by atoms with van der Waals surface area (Å²) in [5.74, 6) is 0. The van der Waals surface area contributed by atoms with E-state index in [9.17, 15) is 4.57 Å². The van der Waals surface area contributed by atoms with Crippen molar-refractivity contribution in [1.29, 1.82) is 0 Å². The summed E-state index contributed by atoms with van der Waals surface area (Å²) in [7, 11) is 0. The Bertz CT molecular complexity index is 128. The SMILES string of the molecule is CSP(N)(=O)OC(C)C. The van der Waals surface area contributed by atoms with Crippen LogP contribution in [-0.4, -0.2) is 12.4 Å². The second-order valence-electron chi connectivity index (χ2n) is 1.88. The molecular weight excluding hydrogens is 157 g/mol. The van der Waals surface area contributed by atoms with Crippen LogP contribution in [0.15, 0.2) is 0 Å². The van der Waals surface area contributed by atoms with Crippen molar-refractivity contribution in [1.82, 2.24) is 0 Å². The van der Waals surface area contributed by atoms with Crippen LogP contribution in [0.5, 0.6) is 0 Å². The van der Waals surface area contributed by atoms with Gasteiger partial charge in [-0.2, -0.15) is 0 Å². The van der Waals surface area contributed by atoms with E-state index in [1.807, 2.05) is 0 Å². The van der Waals surface area contributed by atoms with Gasteiger partial charge in [-0.25, -0.2) is 0 Å². The molecule has 0 aromatic rings. The second kappa shape index (κ2) is 3.62. The minimum absolute atomic E-state index is 0.0618. The highest BCUT2D eigenvalue weighted by Gasteiger charge is 2.15. The average molecular weight is 169 g/mol. The zero-order valence-corrected chi connectivity index (χ0v) is 7.54. The van der Waals surface area contributed by atoms with E-state index in [1.54, 1.807) is 20.1 Å². The Morgan fingerprint density at radius 2 is 2.11 bits per heavy atom. The van der Waals surface area contributed by atoms with Gasteiger partial charge in [0.05, 0.1) is 6.10 Å². The van der Waals surface area contributed by atoms with Crippen LogP contribution in [0.25, 0.3) is 0 Å². The summed E-state index contributed by atoms with van der Waals surface area (Å²) < 4.78 is 15.8. The first-order valence-electron chi connectivity index (χ1n) is 2.60. The van der Waals surface area contributed by atoms with Crippen molar-refractivity contribution in [3.05, 3.63) is 0 Å². The smallest absolute Gasteiger partial charge is 0.307 e. The fourth-order valence-electron chi connectivity index (χ4n) is 0.337. The molecular formula is C4H12NO2PS. The van der Waals surface area contributed by atoms with E-state index >= 15 is 0 Å². The normalized spacial score (nSPS) is 17.9. The van der Waals surface area contributed by atoms with Crippen molar-refractivity contribution in [2.75, 3.05) is 6.26 Å². The Morgan fingerprint density at radius 1 is 1.67 bits per heavy atom. The maximum absolute atomic E-state index is 10.9. The number of hydrogen-bond acceptors (Lipinski definition) is 3. The summed E-state index contributed by atoms with van der Waals surface area (Å²) in [6, 6.07) is 0. The fraction of sp³-hybridized carbons (Fsp3) is 1.00. The van der Waals surface area contributed by atoms with E-state index < -0.39 is 6.72 Å². The van der Waals surface area contributed by atoms with Gasteiger partial charge >= 0.3 is 6.72 Å². The van der Waals surface area contributed by atoms with Gasteiger partial charge in [-0.1, -0.05) is 11.4 Å². The van der Waals surface area contributed by atoms with E-state index in [-0.39, 0.29) is 6.10 Å². The quantitative estimate of drug-likeness (QED) is 0.655. The van der Waals surface area contributed by atoms with Crippen molar-refractivity contribution in [2.24, 2.45) is 5.50 Å². The van der Waals surface area contributed by atoms with Gasteiger partial charge in [0.25, 0.3) is 0 Å². The fourth-order valence-corrected chi connectivity index (χ4v) is 1.79. The summed E-state index contributed by atoms with van der Waals surface area (Å²) >= 11 is 1.07. The molecule has 0 aliphatic rings. The van der Waals surface area contributed by atoms with Crippen LogP contribution >= 0.6 is 18.1 Å². The van der Waals surface area contributed by atoms with Gasteiger partial charge in [0.1, 0.15) is 0 Å². The van der Waals surface area contributed by atoms with Gasteiger partial charge in [-0.3, -0.25) is 10.1 Å². The Hall–Kier alpha value is 0.500. The van der Waals surface area contributed by atoms with Crippen LogP contribution in [-0.2, 0) is 9.09 Å². The van der Waals surface area contributed by atoms with Crippen molar-refractivity contribution in [3.8, 4) is 0 Å². The molecule has 0 heterocycles. The van der Waals surface area contributed by atoms with Gasteiger partial charge < -0.3 is 4.52 Å². The van der Waals surface area contributed by atoms with Gasteiger partial charge in [0, 0.05) is 0 Å². The van der Waals surface area contributed by atoms with Gasteiger partial charge in [0.2, 0.25) is 0 Å². The minimum atomic E-state index is -2.81. The molecule has 2 N–H and O–H groups in total. The summed E-state index contributed by atoms with van der Waals surface area (Å²) in [4.78, 5) is 0. The summed E-state index contributed by atoms with van der Waals surface area (Å²) in [6.45, 7) is 0.790. The van der Waals surface area contributed by atoms with E-state index in [0.29, 0.717) is 0 Å². The van der Waals surface area contributed by atoms with Gasteiger partial charge in [-0.15, -0.1) is 0 Å². The van der Waals surface area contributed by atoms with Crippen LogP contribution in [0.2, 0.25) is 0 Å². The molecule has 5 heteroatoms. The number of hydrogen-bond donors (Lipinski definition) is 1. The maximum Gasteiger partial charge on any atom is 0.323 e. The molecule has 56 valence electrons. The van der Waals surface area contributed by atoms with Crippen molar-refractivity contribution >= 4 is 18.1 Å². The molecule has 0 spiro atoms. The molecule has 0 aromatic carbocycles. The first kappa shape index (κ1) is 9.50. The van der Waals surface area contributed by atoms with E-state index in [0.717, 1.165) is 11.4 Å². The lowest BCUT2D eigenvalue weighted by atomic mass is 10.5. The molecule has 0 aromatic heterocycles. The lowest BCUT2D eigenvalue weighted by molar-refractivity contribution is 0.253. The predicted molar refractivity (Wildman–Crippen MR) is 41.5 cm³/mol. The lowest BCUT2D eigenvalue weighted by Crippen LogP contribution is -2.03. The van der Waals surface area contributed by atoms with E-state index in [2.05, 4.69) is 0 Å². The first-order chi connectivity index (χ1) is 3.98. The standard InChI is InChI=1S/C4H12NO2PS/c1-4(2)7-8(5,6)9-3/h4H,1-3H3,(H2,5,6). The summed E-state index contributed by atoms with van der Waals surface area (Å²) in [5, 5.41) is 0. The minimum Gasteiger partial charge on any atom is -0.307 e. The molecule has 0 radical (unpaired) electrons. The Morgan fingerprint density at radius 3 is 2.22 bits per heavy atom. The third-order valence-electron chi connectivity index (χ3n) is 0.612. The Balaban J connectivity index is 3.73. The molecule has 0 fully saturated rings. The highest BCUT2D eigenvalue weighted by atomic mass is 32.7. The number of nitrogens with two attached hydrogens (primary N) is 1. The molecule has 1 atom stereocenters. The third-order valence-corrected chi connectivity index (χ3v) is 3.62. The van der Waals surface area contributed by atoms with Crippen molar-refractivity contribution in [2.45, 2.75) is 20.0 Å². The molecule has 0 aliphatic heterocycles.